The lowest BCUT2D eigenvalue weighted by Crippen LogP contribution is -2.01. The van der Waals surface area contributed by atoms with Gasteiger partial charge in [0.05, 0.1) is 5.69 Å². The van der Waals surface area contributed by atoms with Crippen molar-refractivity contribution in [1.29, 1.82) is 0 Å². The van der Waals surface area contributed by atoms with Crippen molar-refractivity contribution in [2.24, 2.45) is 0 Å². The molecule has 0 saturated heterocycles. The zero-order valence-electron chi connectivity index (χ0n) is 7.89. The van der Waals surface area contributed by atoms with E-state index in [2.05, 4.69) is 21.0 Å². The molecule has 6 heteroatoms. The molecule has 1 aromatic heterocycles. The molecule has 1 heterocycles. The van der Waals surface area contributed by atoms with Crippen LogP contribution in [0.5, 0.6) is 0 Å². The Morgan fingerprint density at radius 1 is 1.44 bits per heavy atom. The molecule has 1 aromatic carbocycles. The average molecular weight is 302 g/mol. The number of carboxylic acids is 1. The van der Waals surface area contributed by atoms with E-state index < -0.39 is 5.97 Å². The van der Waals surface area contributed by atoms with Crippen LogP contribution in [-0.4, -0.2) is 20.9 Å². The van der Waals surface area contributed by atoms with E-state index in [-0.39, 0.29) is 5.69 Å². The number of halogens is 2. The molecule has 0 aliphatic rings. The third-order valence-electron chi connectivity index (χ3n) is 1.96. The predicted octanol–water partition coefficient (Wildman–Crippen LogP) is 2.99. The summed E-state index contributed by atoms with van der Waals surface area (Å²) in [5, 5.41) is 13.2. The maximum absolute atomic E-state index is 10.7. The van der Waals surface area contributed by atoms with Gasteiger partial charge in [-0.15, -0.1) is 0 Å². The van der Waals surface area contributed by atoms with E-state index in [0.717, 1.165) is 4.47 Å². The minimum Gasteiger partial charge on any atom is -0.476 e. The van der Waals surface area contributed by atoms with Gasteiger partial charge >= 0.3 is 5.97 Å². The first kappa shape index (κ1) is 11.2. The summed E-state index contributed by atoms with van der Waals surface area (Å²) in [6.45, 7) is 0. The second-order valence-corrected chi connectivity index (χ2v) is 4.34. The van der Waals surface area contributed by atoms with Crippen LogP contribution >= 0.6 is 27.5 Å². The highest BCUT2D eigenvalue weighted by Crippen LogP contribution is 2.24. The zero-order valence-corrected chi connectivity index (χ0v) is 10.2. The van der Waals surface area contributed by atoms with Crippen LogP contribution in [0.3, 0.4) is 0 Å². The minimum absolute atomic E-state index is 0.00752. The van der Waals surface area contributed by atoms with Gasteiger partial charge in [-0.25, -0.2) is 9.48 Å². The second kappa shape index (κ2) is 4.27. The van der Waals surface area contributed by atoms with Crippen molar-refractivity contribution in [3.63, 3.8) is 0 Å². The smallest absolute Gasteiger partial charge is 0.356 e. The highest BCUT2D eigenvalue weighted by molar-refractivity contribution is 9.10. The molecule has 0 bridgehead atoms. The first-order chi connectivity index (χ1) is 7.58. The summed E-state index contributed by atoms with van der Waals surface area (Å²) in [5.41, 5.74) is 0.687. The van der Waals surface area contributed by atoms with Crippen LogP contribution in [0.15, 0.2) is 34.9 Å². The van der Waals surface area contributed by atoms with E-state index in [1.54, 1.807) is 24.4 Å². The van der Waals surface area contributed by atoms with Crippen LogP contribution in [0, 0.1) is 0 Å². The molecule has 0 unspecified atom stereocenters. The molecule has 16 heavy (non-hydrogen) atoms. The molecule has 0 aliphatic heterocycles. The Balaban J connectivity index is 2.50. The Morgan fingerprint density at radius 3 is 2.81 bits per heavy atom. The van der Waals surface area contributed by atoms with Crippen molar-refractivity contribution in [3.8, 4) is 5.69 Å². The molecule has 0 atom stereocenters. The van der Waals surface area contributed by atoms with Gasteiger partial charge in [-0.3, -0.25) is 0 Å². The largest absolute Gasteiger partial charge is 0.476 e. The molecule has 0 radical (unpaired) electrons. The summed E-state index contributed by atoms with van der Waals surface area (Å²) in [6, 6.07) is 6.64. The number of hydrogen-bond donors (Lipinski definition) is 1. The van der Waals surface area contributed by atoms with Crippen molar-refractivity contribution in [1.82, 2.24) is 9.78 Å². The van der Waals surface area contributed by atoms with Crippen LogP contribution in [0.4, 0.5) is 0 Å². The van der Waals surface area contributed by atoms with Crippen molar-refractivity contribution >= 4 is 33.5 Å². The Bertz CT molecular complexity index is 554. The lowest BCUT2D eigenvalue weighted by atomic mass is 10.3. The predicted molar refractivity (Wildman–Crippen MR) is 63.2 cm³/mol. The zero-order chi connectivity index (χ0) is 11.7. The number of carbonyl (C=O) groups is 1. The molecule has 0 amide bonds. The number of hydrogen-bond acceptors (Lipinski definition) is 2. The van der Waals surface area contributed by atoms with E-state index in [0.29, 0.717) is 10.7 Å². The van der Waals surface area contributed by atoms with Crippen LogP contribution in [-0.2, 0) is 0 Å². The minimum atomic E-state index is -1.06. The van der Waals surface area contributed by atoms with E-state index in [4.69, 9.17) is 16.7 Å². The van der Waals surface area contributed by atoms with E-state index in [9.17, 15) is 4.79 Å². The average Bonchev–Trinajstić information content (AvgIpc) is 2.70. The van der Waals surface area contributed by atoms with Gasteiger partial charge in [-0.05, 0) is 40.2 Å². The normalized spacial score (nSPS) is 10.4. The van der Waals surface area contributed by atoms with Crippen LogP contribution < -0.4 is 0 Å². The fourth-order valence-corrected chi connectivity index (χ4v) is 1.83. The molecule has 0 fully saturated rings. The number of benzene rings is 1. The Labute approximate surface area is 105 Å². The lowest BCUT2D eigenvalue weighted by molar-refractivity contribution is 0.0690. The van der Waals surface area contributed by atoms with Gasteiger partial charge in [-0.1, -0.05) is 11.6 Å². The SMILES string of the molecule is O=C(O)c1ccn(-c2cc(Cl)ccc2Br)n1. The molecule has 0 aliphatic carbocycles. The molecule has 2 aromatic rings. The summed E-state index contributed by atoms with van der Waals surface area (Å²) >= 11 is 9.20. The van der Waals surface area contributed by atoms with Crippen molar-refractivity contribution in [3.05, 3.63) is 45.7 Å². The van der Waals surface area contributed by atoms with E-state index in [1.807, 2.05) is 0 Å². The summed E-state index contributed by atoms with van der Waals surface area (Å²) in [6.07, 6.45) is 1.57. The fourth-order valence-electron chi connectivity index (χ4n) is 1.23. The van der Waals surface area contributed by atoms with Gasteiger partial charge < -0.3 is 5.11 Å². The summed E-state index contributed by atoms with van der Waals surface area (Å²) in [7, 11) is 0. The molecular formula is C10H6BrClN2O2. The van der Waals surface area contributed by atoms with Gasteiger partial charge in [0.2, 0.25) is 0 Å². The summed E-state index contributed by atoms with van der Waals surface area (Å²) in [5.74, 6) is -1.06. The van der Waals surface area contributed by atoms with Crippen LogP contribution in [0.2, 0.25) is 5.02 Å². The number of aromatic nitrogens is 2. The monoisotopic (exact) mass is 300 g/mol. The summed E-state index contributed by atoms with van der Waals surface area (Å²) in [4.78, 5) is 10.7. The van der Waals surface area contributed by atoms with Gasteiger partial charge in [0.1, 0.15) is 0 Å². The van der Waals surface area contributed by atoms with Crippen molar-refractivity contribution < 1.29 is 9.90 Å². The van der Waals surface area contributed by atoms with Gasteiger partial charge in [0.15, 0.2) is 5.69 Å². The highest BCUT2D eigenvalue weighted by atomic mass is 79.9. The fraction of sp³-hybridized carbons (Fsp3) is 0. The van der Waals surface area contributed by atoms with Crippen molar-refractivity contribution in [2.75, 3.05) is 0 Å². The first-order valence-corrected chi connectivity index (χ1v) is 5.49. The molecule has 4 nitrogen and oxygen atoms in total. The van der Waals surface area contributed by atoms with E-state index >= 15 is 0 Å². The molecule has 0 saturated carbocycles. The maximum atomic E-state index is 10.7. The lowest BCUT2D eigenvalue weighted by Gasteiger charge is -2.04. The van der Waals surface area contributed by atoms with Crippen LogP contribution in [0.1, 0.15) is 10.5 Å². The third kappa shape index (κ3) is 2.10. The number of rotatable bonds is 2. The first-order valence-electron chi connectivity index (χ1n) is 4.32. The number of nitrogens with zero attached hydrogens (tertiary/aromatic N) is 2. The molecule has 2 rings (SSSR count). The van der Waals surface area contributed by atoms with Crippen molar-refractivity contribution in [2.45, 2.75) is 0 Å². The molecule has 0 spiro atoms. The Hall–Kier alpha value is -1.33. The standard InChI is InChI=1S/C10H6BrClN2O2/c11-7-2-1-6(12)5-9(7)14-4-3-8(13-14)10(15)16/h1-5H,(H,15,16). The third-order valence-corrected chi connectivity index (χ3v) is 2.87. The Kier molecular flexibility index (Phi) is 2.98. The highest BCUT2D eigenvalue weighted by Gasteiger charge is 2.09. The molecule has 1 N–H and O–H groups in total. The van der Waals surface area contributed by atoms with Crippen LogP contribution in [0.25, 0.3) is 5.69 Å². The second-order valence-electron chi connectivity index (χ2n) is 3.05. The summed E-state index contributed by atoms with van der Waals surface area (Å²) < 4.78 is 2.25. The van der Waals surface area contributed by atoms with Gasteiger partial charge in [0, 0.05) is 15.7 Å². The van der Waals surface area contributed by atoms with E-state index in [1.165, 1.54) is 10.7 Å². The molecular weight excluding hydrogens is 295 g/mol. The van der Waals surface area contributed by atoms with Gasteiger partial charge in [0.25, 0.3) is 0 Å². The number of aromatic carboxylic acids is 1. The maximum Gasteiger partial charge on any atom is 0.356 e. The number of carboxylic acid groups (broad SMARTS) is 1. The van der Waals surface area contributed by atoms with Gasteiger partial charge in [-0.2, -0.15) is 5.10 Å². The Morgan fingerprint density at radius 2 is 2.19 bits per heavy atom. The topological polar surface area (TPSA) is 55.1 Å². The quantitative estimate of drug-likeness (QED) is 0.927. The molecule has 82 valence electrons.